The van der Waals surface area contributed by atoms with E-state index in [0.29, 0.717) is 24.8 Å². The van der Waals surface area contributed by atoms with E-state index in [1.54, 1.807) is 6.07 Å². The average Bonchev–Trinajstić information content (AvgIpc) is 2.90. The fraction of sp³-hybridized carbons (Fsp3) is 0.714. The molecule has 6 heteroatoms. The van der Waals surface area contributed by atoms with Crippen LogP contribution in [0.4, 0.5) is 0 Å². The van der Waals surface area contributed by atoms with E-state index in [1.165, 1.54) is 6.07 Å². The monoisotopic (exact) mass is 302 g/mol. The van der Waals surface area contributed by atoms with Gasteiger partial charge in [0, 0.05) is 6.54 Å². The minimum absolute atomic E-state index is 0.00301. The zero-order chi connectivity index (χ0) is 15.0. The molecule has 0 bridgehead atoms. The summed E-state index contributed by atoms with van der Waals surface area (Å²) in [5, 5.41) is 3.17. The van der Waals surface area contributed by atoms with Crippen molar-refractivity contribution in [2.75, 3.05) is 13.1 Å². The normalized spacial score (nSPS) is 12.2. The van der Waals surface area contributed by atoms with Crippen LogP contribution in [0.5, 0.6) is 0 Å². The van der Waals surface area contributed by atoms with Crippen molar-refractivity contribution in [1.29, 1.82) is 0 Å². The van der Waals surface area contributed by atoms with Gasteiger partial charge in [0.2, 0.25) is 5.09 Å². The molecule has 0 atom stereocenters. The van der Waals surface area contributed by atoms with E-state index >= 15 is 0 Å². The van der Waals surface area contributed by atoms with E-state index in [4.69, 9.17) is 4.42 Å². The number of rotatable bonds is 10. The van der Waals surface area contributed by atoms with E-state index in [0.717, 1.165) is 25.8 Å². The van der Waals surface area contributed by atoms with Gasteiger partial charge in [-0.1, -0.05) is 33.6 Å². The van der Waals surface area contributed by atoms with Crippen LogP contribution in [0.2, 0.25) is 0 Å². The topological polar surface area (TPSA) is 71.3 Å². The van der Waals surface area contributed by atoms with Gasteiger partial charge in [0.1, 0.15) is 5.76 Å². The van der Waals surface area contributed by atoms with E-state index in [2.05, 4.69) is 30.8 Å². The minimum Gasteiger partial charge on any atom is -0.447 e. The number of hydrogen-bond acceptors (Lipinski definition) is 4. The van der Waals surface area contributed by atoms with Crippen molar-refractivity contribution >= 4 is 10.0 Å². The Morgan fingerprint density at radius 1 is 1.20 bits per heavy atom. The maximum atomic E-state index is 12.1. The Bertz CT molecular complexity index is 478. The zero-order valence-electron chi connectivity index (χ0n) is 12.6. The Balaban J connectivity index is 2.59. The molecule has 0 spiro atoms. The second kappa shape index (κ2) is 8.44. The maximum absolute atomic E-state index is 12.1. The highest BCUT2D eigenvalue weighted by atomic mass is 32.2. The van der Waals surface area contributed by atoms with Crippen LogP contribution in [0.15, 0.2) is 21.6 Å². The average molecular weight is 302 g/mol. The summed E-state index contributed by atoms with van der Waals surface area (Å²) in [5.41, 5.74) is 0. The summed E-state index contributed by atoms with van der Waals surface area (Å²) in [6, 6.07) is 3.21. The number of nitrogens with one attached hydrogen (secondary N) is 2. The largest absolute Gasteiger partial charge is 0.447 e. The van der Waals surface area contributed by atoms with Crippen molar-refractivity contribution in [2.45, 2.75) is 51.7 Å². The highest BCUT2D eigenvalue weighted by molar-refractivity contribution is 7.89. The smallest absolute Gasteiger partial charge is 0.273 e. The SMILES string of the molecule is CCCNCc1ccc(S(=O)(=O)NCC(CC)CC)o1. The van der Waals surface area contributed by atoms with Gasteiger partial charge in [-0.2, -0.15) is 0 Å². The summed E-state index contributed by atoms with van der Waals surface area (Å²) in [7, 11) is -3.53. The molecule has 0 fully saturated rings. The maximum Gasteiger partial charge on any atom is 0.273 e. The molecule has 116 valence electrons. The van der Waals surface area contributed by atoms with Crippen LogP contribution in [-0.2, 0) is 16.6 Å². The predicted octanol–water partition coefficient (Wildman–Crippen LogP) is 2.49. The molecule has 2 N–H and O–H groups in total. The molecular formula is C14H26N2O3S. The highest BCUT2D eigenvalue weighted by Gasteiger charge is 2.19. The van der Waals surface area contributed by atoms with Gasteiger partial charge in [-0.25, -0.2) is 13.1 Å². The Hall–Kier alpha value is -0.850. The fourth-order valence-corrected chi connectivity index (χ4v) is 2.92. The van der Waals surface area contributed by atoms with Crippen molar-refractivity contribution in [2.24, 2.45) is 5.92 Å². The summed E-state index contributed by atoms with van der Waals surface area (Å²) in [4.78, 5) is 0. The molecule has 0 radical (unpaired) electrons. The molecule has 5 nitrogen and oxygen atoms in total. The molecule has 0 aromatic carbocycles. The molecule has 1 heterocycles. The molecule has 1 rings (SSSR count). The van der Waals surface area contributed by atoms with Crippen LogP contribution in [0.1, 0.15) is 45.8 Å². The summed E-state index contributed by atoms with van der Waals surface area (Å²) in [6.45, 7) is 8.09. The standard InChI is InChI=1S/C14H26N2O3S/c1-4-9-15-11-13-7-8-14(19-13)20(17,18)16-10-12(5-2)6-3/h7-8,12,15-16H,4-6,9-11H2,1-3H3. The second-order valence-corrected chi connectivity index (χ2v) is 6.63. The molecule has 0 aliphatic carbocycles. The zero-order valence-corrected chi connectivity index (χ0v) is 13.4. The lowest BCUT2D eigenvalue weighted by Crippen LogP contribution is -2.28. The van der Waals surface area contributed by atoms with Crippen LogP contribution in [-0.4, -0.2) is 21.5 Å². The van der Waals surface area contributed by atoms with Gasteiger partial charge in [0.15, 0.2) is 0 Å². The first-order chi connectivity index (χ1) is 9.53. The molecular weight excluding hydrogens is 276 g/mol. The predicted molar refractivity (Wildman–Crippen MR) is 80.0 cm³/mol. The summed E-state index contributed by atoms with van der Waals surface area (Å²) in [5.74, 6) is 1.01. The van der Waals surface area contributed by atoms with Crippen LogP contribution < -0.4 is 10.0 Å². The van der Waals surface area contributed by atoms with E-state index in [-0.39, 0.29) is 5.09 Å². The van der Waals surface area contributed by atoms with E-state index in [9.17, 15) is 8.42 Å². The van der Waals surface area contributed by atoms with Crippen LogP contribution in [0.3, 0.4) is 0 Å². The summed E-state index contributed by atoms with van der Waals surface area (Å²) < 4.78 is 32.2. The van der Waals surface area contributed by atoms with Gasteiger partial charge >= 0.3 is 0 Å². The summed E-state index contributed by atoms with van der Waals surface area (Å²) in [6.07, 6.45) is 2.95. The van der Waals surface area contributed by atoms with Gasteiger partial charge in [0.05, 0.1) is 6.54 Å². The Labute approximate surface area is 122 Å². The second-order valence-electron chi connectivity index (χ2n) is 4.93. The lowest BCUT2D eigenvalue weighted by Gasteiger charge is -2.12. The molecule has 0 amide bonds. The molecule has 0 unspecified atom stereocenters. The molecule has 0 saturated heterocycles. The van der Waals surface area contributed by atoms with Crippen molar-refractivity contribution in [3.8, 4) is 0 Å². The number of hydrogen-bond donors (Lipinski definition) is 2. The third-order valence-corrected chi connectivity index (χ3v) is 4.64. The van der Waals surface area contributed by atoms with Crippen molar-refractivity contribution in [1.82, 2.24) is 10.0 Å². The first kappa shape index (κ1) is 17.2. The van der Waals surface area contributed by atoms with Gasteiger partial charge in [-0.05, 0) is 31.0 Å². The lowest BCUT2D eigenvalue weighted by atomic mass is 10.0. The van der Waals surface area contributed by atoms with Crippen LogP contribution in [0, 0.1) is 5.92 Å². The lowest BCUT2D eigenvalue weighted by molar-refractivity contribution is 0.397. The van der Waals surface area contributed by atoms with Crippen LogP contribution >= 0.6 is 0 Å². The van der Waals surface area contributed by atoms with Gasteiger partial charge < -0.3 is 9.73 Å². The third-order valence-electron chi connectivity index (χ3n) is 3.34. The van der Waals surface area contributed by atoms with Gasteiger partial charge in [-0.3, -0.25) is 0 Å². The van der Waals surface area contributed by atoms with Gasteiger partial charge in [0.25, 0.3) is 10.0 Å². The number of furan rings is 1. The molecule has 1 aromatic rings. The van der Waals surface area contributed by atoms with Crippen molar-refractivity contribution in [3.63, 3.8) is 0 Å². The number of sulfonamides is 1. The molecule has 0 saturated carbocycles. The Morgan fingerprint density at radius 2 is 1.90 bits per heavy atom. The first-order valence-electron chi connectivity index (χ1n) is 7.32. The first-order valence-corrected chi connectivity index (χ1v) is 8.80. The molecule has 1 aromatic heterocycles. The highest BCUT2D eigenvalue weighted by Crippen LogP contribution is 2.15. The molecule has 20 heavy (non-hydrogen) atoms. The van der Waals surface area contributed by atoms with E-state index in [1.807, 2.05) is 0 Å². The van der Waals surface area contributed by atoms with Gasteiger partial charge in [-0.15, -0.1) is 0 Å². The fourth-order valence-electron chi connectivity index (χ4n) is 1.86. The summed E-state index contributed by atoms with van der Waals surface area (Å²) >= 11 is 0. The third kappa shape index (κ3) is 5.26. The minimum atomic E-state index is -3.53. The Kier molecular flexibility index (Phi) is 7.26. The van der Waals surface area contributed by atoms with Crippen molar-refractivity contribution < 1.29 is 12.8 Å². The molecule has 0 aliphatic rings. The quantitative estimate of drug-likeness (QED) is 0.651. The van der Waals surface area contributed by atoms with Crippen LogP contribution in [0.25, 0.3) is 0 Å². The Morgan fingerprint density at radius 3 is 2.50 bits per heavy atom. The molecule has 0 aliphatic heterocycles. The van der Waals surface area contributed by atoms with E-state index < -0.39 is 10.0 Å². The van der Waals surface area contributed by atoms with Crippen molar-refractivity contribution in [3.05, 3.63) is 17.9 Å².